The molecule has 0 aromatic heterocycles. The van der Waals surface area contributed by atoms with Crippen LogP contribution in [0.2, 0.25) is 0 Å². The van der Waals surface area contributed by atoms with Crippen molar-refractivity contribution in [3.8, 4) is 0 Å². The lowest BCUT2D eigenvalue weighted by Crippen LogP contribution is -2.10. The highest BCUT2D eigenvalue weighted by Crippen LogP contribution is 2.14. The number of epoxide rings is 1. The summed E-state index contributed by atoms with van der Waals surface area (Å²) in [6, 6.07) is 0. The fourth-order valence-electron chi connectivity index (χ4n) is 0.981. The summed E-state index contributed by atoms with van der Waals surface area (Å²) in [5.41, 5.74) is 0. The van der Waals surface area contributed by atoms with E-state index in [0.29, 0.717) is 12.5 Å². The highest BCUT2D eigenvalue weighted by Gasteiger charge is 2.19. The van der Waals surface area contributed by atoms with Crippen molar-refractivity contribution in [2.75, 3.05) is 13.2 Å². The predicted molar refractivity (Wildman–Crippen MR) is 52.6 cm³/mol. The van der Waals surface area contributed by atoms with Gasteiger partial charge in [-0.05, 0) is 12.8 Å². The van der Waals surface area contributed by atoms with Crippen molar-refractivity contribution in [1.29, 1.82) is 0 Å². The zero-order valence-corrected chi connectivity index (χ0v) is 8.70. The van der Waals surface area contributed by atoms with Gasteiger partial charge in [-0.25, -0.2) is 0 Å². The van der Waals surface area contributed by atoms with Crippen molar-refractivity contribution in [2.24, 2.45) is 0 Å². The van der Waals surface area contributed by atoms with E-state index in [2.05, 4.69) is 6.92 Å². The number of ether oxygens (including phenoxy) is 1. The van der Waals surface area contributed by atoms with Crippen LogP contribution in [0, 0.1) is 0 Å². The number of aliphatic hydroxyl groups excluding tert-OH is 2. The van der Waals surface area contributed by atoms with Crippen LogP contribution in [-0.4, -0.2) is 35.6 Å². The summed E-state index contributed by atoms with van der Waals surface area (Å²) in [5, 5.41) is 16.8. The molecular weight excluding hydrogens is 168 g/mol. The van der Waals surface area contributed by atoms with E-state index in [9.17, 15) is 0 Å². The minimum Gasteiger partial charge on any atom is -0.394 e. The van der Waals surface area contributed by atoms with E-state index in [1.165, 1.54) is 12.8 Å². The average molecular weight is 190 g/mol. The Morgan fingerprint density at radius 3 is 2.15 bits per heavy atom. The molecule has 1 fully saturated rings. The molecule has 0 amide bonds. The molecular formula is C10H22O3. The third-order valence-corrected chi connectivity index (χ3v) is 1.85. The molecule has 1 heterocycles. The van der Waals surface area contributed by atoms with E-state index in [-0.39, 0.29) is 6.61 Å². The summed E-state index contributed by atoms with van der Waals surface area (Å²) in [7, 11) is 0. The van der Waals surface area contributed by atoms with E-state index < -0.39 is 6.10 Å². The summed E-state index contributed by atoms with van der Waals surface area (Å²) in [6.45, 7) is 5.07. The SMILES string of the molecule is CCC[C@H](O)CO.CCC[C@H]1CO1. The first-order valence-electron chi connectivity index (χ1n) is 5.15. The second-order valence-corrected chi connectivity index (χ2v) is 3.37. The summed E-state index contributed by atoms with van der Waals surface area (Å²) in [5.74, 6) is 0. The van der Waals surface area contributed by atoms with Crippen LogP contribution in [0.15, 0.2) is 0 Å². The van der Waals surface area contributed by atoms with E-state index >= 15 is 0 Å². The van der Waals surface area contributed by atoms with Crippen LogP contribution in [0.1, 0.15) is 39.5 Å². The Morgan fingerprint density at radius 2 is 2.00 bits per heavy atom. The molecule has 0 aromatic rings. The first-order chi connectivity index (χ1) is 6.24. The van der Waals surface area contributed by atoms with E-state index in [1.807, 2.05) is 6.92 Å². The lowest BCUT2D eigenvalue weighted by atomic mass is 10.2. The van der Waals surface area contributed by atoms with Gasteiger partial charge in [-0.15, -0.1) is 0 Å². The Bertz CT molecular complexity index is 102. The molecule has 2 N–H and O–H groups in total. The summed E-state index contributed by atoms with van der Waals surface area (Å²) < 4.78 is 4.95. The third kappa shape index (κ3) is 9.80. The van der Waals surface area contributed by atoms with Gasteiger partial charge in [0.25, 0.3) is 0 Å². The van der Waals surface area contributed by atoms with Crippen LogP contribution in [0.3, 0.4) is 0 Å². The highest BCUT2D eigenvalue weighted by atomic mass is 16.6. The lowest BCUT2D eigenvalue weighted by Gasteiger charge is -2.01. The highest BCUT2D eigenvalue weighted by molar-refractivity contribution is 4.66. The fourth-order valence-corrected chi connectivity index (χ4v) is 0.981. The fraction of sp³-hybridized carbons (Fsp3) is 1.00. The molecule has 0 aromatic carbocycles. The second-order valence-electron chi connectivity index (χ2n) is 3.37. The van der Waals surface area contributed by atoms with Gasteiger partial charge in [-0.3, -0.25) is 0 Å². The molecule has 3 heteroatoms. The molecule has 80 valence electrons. The normalized spacial score (nSPS) is 21.7. The van der Waals surface area contributed by atoms with Crippen molar-refractivity contribution in [3.05, 3.63) is 0 Å². The average Bonchev–Trinajstić information content (AvgIpc) is 2.91. The number of hydrogen-bond acceptors (Lipinski definition) is 3. The topological polar surface area (TPSA) is 53.0 Å². The number of aliphatic hydroxyl groups is 2. The van der Waals surface area contributed by atoms with Crippen LogP contribution >= 0.6 is 0 Å². The van der Waals surface area contributed by atoms with Crippen molar-refractivity contribution in [3.63, 3.8) is 0 Å². The van der Waals surface area contributed by atoms with Crippen molar-refractivity contribution in [1.82, 2.24) is 0 Å². The predicted octanol–water partition coefficient (Wildman–Crippen LogP) is 1.33. The summed E-state index contributed by atoms with van der Waals surface area (Å²) in [6.07, 6.45) is 4.32. The first kappa shape index (κ1) is 12.9. The summed E-state index contributed by atoms with van der Waals surface area (Å²) >= 11 is 0. The molecule has 0 saturated carbocycles. The monoisotopic (exact) mass is 190 g/mol. The summed E-state index contributed by atoms with van der Waals surface area (Å²) in [4.78, 5) is 0. The van der Waals surface area contributed by atoms with Crippen LogP contribution in [0.4, 0.5) is 0 Å². The molecule has 3 nitrogen and oxygen atoms in total. The molecule has 0 bridgehead atoms. The molecule has 1 saturated heterocycles. The smallest absolute Gasteiger partial charge is 0.0809 e. The molecule has 0 radical (unpaired) electrons. The molecule has 0 aliphatic carbocycles. The molecule has 0 unspecified atom stereocenters. The van der Waals surface area contributed by atoms with Gasteiger partial charge in [0.15, 0.2) is 0 Å². The van der Waals surface area contributed by atoms with Gasteiger partial charge in [-0.1, -0.05) is 26.7 Å². The zero-order valence-electron chi connectivity index (χ0n) is 8.70. The third-order valence-electron chi connectivity index (χ3n) is 1.85. The van der Waals surface area contributed by atoms with Crippen molar-refractivity contribution in [2.45, 2.75) is 51.7 Å². The standard InChI is InChI=1S/C5H12O2.C5H10O/c1-2-3-5(7)4-6;1-2-3-5-4-6-5/h5-7H,2-4H2,1H3;5H,2-4H2,1H3/t2*5-/m00/s1. The Morgan fingerprint density at radius 1 is 1.38 bits per heavy atom. The van der Waals surface area contributed by atoms with E-state index in [1.54, 1.807) is 0 Å². The minimum absolute atomic E-state index is 0.103. The maximum Gasteiger partial charge on any atom is 0.0809 e. The van der Waals surface area contributed by atoms with Gasteiger partial charge in [0.2, 0.25) is 0 Å². The van der Waals surface area contributed by atoms with Crippen LogP contribution < -0.4 is 0 Å². The van der Waals surface area contributed by atoms with Crippen molar-refractivity contribution < 1.29 is 14.9 Å². The number of rotatable bonds is 5. The van der Waals surface area contributed by atoms with Crippen LogP contribution in [0.5, 0.6) is 0 Å². The lowest BCUT2D eigenvalue weighted by molar-refractivity contribution is 0.0877. The van der Waals surface area contributed by atoms with Gasteiger partial charge in [-0.2, -0.15) is 0 Å². The van der Waals surface area contributed by atoms with Crippen LogP contribution in [-0.2, 0) is 4.74 Å². The largest absolute Gasteiger partial charge is 0.394 e. The molecule has 1 aliphatic heterocycles. The molecule has 0 spiro atoms. The Hall–Kier alpha value is -0.120. The maximum absolute atomic E-state index is 8.61. The zero-order chi connectivity index (χ0) is 10.1. The Kier molecular flexibility index (Phi) is 8.40. The number of hydrogen-bond donors (Lipinski definition) is 2. The van der Waals surface area contributed by atoms with Gasteiger partial charge in [0, 0.05) is 0 Å². The Balaban J connectivity index is 0.000000223. The Labute approximate surface area is 80.7 Å². The molecule has 2 atom stereocenters. The van der Waals surface area contributed by atoms with Gasteiger partial charge in [0.05, 0.1) is 25.4 Å². The van der Waals surface area contributed by atoms with Gasteiger partial charge >= 0.3 is 0 Å². The van der Waals surface area contributed by atoms with Gasteiger partial charge in [0.1, 0.15) is 0 Å². The molecule has 1 aliphatic rings. The second kappa shape index (κ2) is 8.48. The molecule has 13 heavy (non-hydrogen) atoms. The van der Waals surface area contributed by atoms with Gasteiger partial charge < -0.3 is 14.9 Å². The first-order valence-corrected chi connectivity index (χ1v) is 5.15. The van der Waals surface area contributed by atoms with Crippen molar-refractivity contribution >= 4 is 0 Å². The van der Waals surface area contributed by atoms with E-state index in [0.717, 1.165) is 13.0 Å². The maximum atomic E-state index is 8.61. The van der Waals surface area contributed by atoms with Crippen LogP contribution in [0.25, 0.3) is 0 Å². The van der Waals surface area contributed by atoms with E-state index in [4.69, 9.17) is 14.9 Å². The minimum atomic E-state index is -0.495. The molecule has 1 rings (SSSR count). The quantitative estimate of drug-likeness (QED) is 0.643.